The molecule has 2 aromatic rings. The summed E-state index contributed by atoms with van der Waals surface area (Å²) < 4.78 is 5.33. The molecule has 104 valence electrons. The van der Waals surface area contributed by atoms with Crippen molar-refractivity contribution < 1.29 is 9.53 Å². The maximum atomic E-state index is 11.5. The fourth-order valence-electron chi connectivity index (χ4n) is 2.46. The molecule has 1 unspecified atom stereocenters. The van der Waals surface area contributed by atoms with Crippen molar-refractivity contribution in [1.29, 1.82) is 0 Å². The lowest BCUT2D eigenvalue weighted by atomic mass is 9.92. The zero-order chi connectivity index (χ0) is 14.0. The summed E-state index contributed by atoms with van der Waals surface area (Å²) in [6, 6.07) is 7.95. The van der Waals surface area contributed by atoms with Gasteiger partial charge in [0.1, 0.15) is 6.61 Å². The summed E-state index contributed by atoms with van der Waals surface area (Å²) in [5.41, 5.74) is 1.64. The molecular formula is C14H16N4O2. The third kappa shape index (κ3) is 2.70. The molecule has 3 rings (SSSR count). The van der Waals surface area contributed by atoms with Gasteiger partial charge in [0.05, 0.1) is 30.2 Å². The van der Waals surface area contributed by atoms with Gasteiger partial charge in [0.2, 0.25) is 5.91 Å². The molecule has 1 aromatic carbocycles. The van der Waals surface area contributed by atoms with Gasteiger partial charge in [-0.3, -0.25) is 4.79 Å². The lowest BCUT2D eigenvalue weighted by Crippen LogP contribution is -2.56. The number of nitrogens with zero attached hydrogens (tertiary/aromatic N) is 3. The van der Waals surface area contributed by atoms with E-state index in [9.17, 15) is 4.79 Å². The maximum absolute atomic E-state index is 11.5. The van der Waals surface area contributed by atoms with E-state index in [0.29, 0.717) is 13.0 Å². The number of carbonyl (C=O) groups excluding carboxylic acids is 1. The predicted octanol–water partition coefficient (Wildman–Crippen LogP) is 0.715. The number of hydrogen-bond donors (Lipinski definition) is 1. The average Bonchev–Trinajstić information content (AvgIpc) is 2.92. The highest BCUT2D eigenvalue weighted by atomic mass is 16.5. The van der Waals surface area contributed by atoms with Gasteiger partial charge in [0, 0.05) is 0 Å². The van der Waals surface area contributed by atoms with Crippen molar-refractivity contribution in [1.82, 2.24) is 20.3 Å². The second kappa shape index (κ2) is 5.05. The van der Waals surface area contributed by atoms with Gasteiger partial charge in [0.15, 0.2) is 0 Å². The number of hydrogen-bond acceptors (Lipinski definition) is 4. The number of benzene rings is 1. The Morgan fingerprint density at radius 3 is 2.95 bits per heavy atom. The van der Waals surface area contributed by atoms with E-state index >= 15 is 0 Å². The van der Waals surface area contributed by atoms with Crippen molar-refractivity contribution in [3.05, 3.63) is 42.2 Å². The van der Waals surface area contributed by atoms with Crippen molar-refractivity contribution in [2.24, 2.45) is 0 Å². The van der Waals surface area contributed by atoms with E-state index in [-0.39, 0.29) is 18.1 Å². The summed E-state index contributed by atoms with van der Waals surface area (Å²) in [7, 11) is 0. The molecule has 1 aliphatic heterocycles. The number of morpholine rings is 1. The molecule has 1 atom stereocenters. The number of ether oxygens (including phenoxy) is 1. The standard InChI is InChI=1S/C14H16N4O2/c1-14(10-20-9-13(19)17-14)8-11-3-2-4-12(7-11)18-15-5-6-16-18/h2-7H,8-10H2,1H3,(H,17,19). The van der Waals surface area contributed by atoms with Gasteiger partial charge in [-0.25, -0.2) is 0 Å². The van der Waals surface area contributed by atoms with Gasteiger partial charge in [0.25, 0.3) is 0 Å². The lowest BCUT2D eigenvalue weighted by Gasteiger charge is -2.34. The molecule has 0 radical (unpaired) electrons. The maximum Gasteiger partial charge on any atom is 0.246 e. The molecule has 1 saturated heterocycles. The molecule has 6 heteroatoms. The second-order valence-corrected chi connectivity index (χ2v) is 5.27. The van der Waals surface area contributed by atoms with Crippen molar-refractivity contribution in [2.45, 2.75) is 18.9 Å². The van der Waals surface area contributed by atoms with Gasteiger partial charge in [-0.05, 0) is 31.0 Å². The molecule has 1 aromatic heterocycles. The molecule has 20 heavy (non-hydrogen) atoms. The van der Waals surface area contributed by atoms with Gasteiger partial charge >= 0.3 is 0 Å². The third-order valence-electron chi connectivity index (χ3n) is 3.25. The van der Waals surface area contributed by atoms with Gasteiger partial charge in [-0.1, -0.05) is 12.1 Å². The molecule has 0 spiro atoms. The minimum Gasteiger partial charge on any atom is -0.369 e. The molecule has 2 heterocycles. The summed E-state index contributed by atoms with van der Waals surface area (Å²) in [6.45, 7) is 2.65. The van der Waals surface area contributed by atoms with Crippen molar-refractivity contribution >= 4 is 5.91 Å². The largest absolute Gasteiger partial charge is 0.369 e. The van der Waals surface area contributed by atoms with Crippen LogP contribution in [-0.4, -0.2) is 39.7 Å². The minimum absolute atomic E-state index is 0.0661. The van der Waals surface area contributed by atoms with Crippen LogP contribution < -0.4 is 5.32 Å². The first-order valence-corrected chi connectivity index (χ1v) is 6.49. The molecule has 0 saturated carbocycles. The number of amides is 1. The molecule has 1 N–H and O–H groups in total. The summed E-state index contributed by atoms with van der Waals surface area (Å²) in [4.78, 5) is 13.0. The first kappa shape index (κ1) is 12.8. The Balaban J connectivity index is 1.81. The normalized spacial score (nSPS) is 22.6. The molecule has 6 nitrogen and oxygen atoms in total. The molecular weight excluding hydrogens is 256 g/mol. The monoisotopic (exact) mass is 272 g/mol. The van der Waals surface area contributed by atoms with Crippen LogP contribution >= 0.6 is 0 Å². The Kier molecular flexibility index (Phi) is 3.23. The molecule has 0 aliphatic carbocycles. The van der Waals surface area contributed by atoms with Crippen LogP contribution in [0.5, 0.6) is 0 Å². The van der Waals surface area contributed by atoms with Gasteiger partial charge in [-0.15, -0.1) is 0 Å². The Labute approximate surface area is 116 Å². The Bertz CT molecular complexity index is 611. The fourth-order valence-corrected chi connectivity index (χ4v) is 2.46. The Morgan fingerprint density at radius 1 is 1.40 bits per heavy atom. The molecule has 1 aliphatic rings. The smallest absolute Gasteiger partial charge is 0.246 e. The highest BCUT2D eigenvalue weighted by molar-refractivity contribution is 5.78. The van der Waals surface area contributed by atoms with Crippen LogP contribution in [0, 0.1) is 0 Å². The minimum atomic E-state index is -0.370. The number of rotatable bonds is 3. The van der Waals surface area contributed by atoms with Crippen molar-refractivity contribution in [3.8, 4) is 5.69 Å². The van der Waals surface area contributed by atoms with Crippen molar-refractivity contribution in [3.63, 3.8) is 0 Å². The number of aromatic nitrogens is 3. The first-order valence-electron chi connectivity index (χ1n) is 6.49. The first-order chi connectivity index (χ1) is 9.65. The van der Waals surface area contributed by atoms with Crippen LogP contribution in [0.15, 0.2) is 36.7 Å². The predicted molar refractivity (Wildman–Crippen MR) is 72.4 cm³/mol. The number of nitrogens with one attached hydrogen (secondary N) is 1. The lowest BCUT2D eigenvalue weighted by molar-refractivity contribution is -0.134. The Morgan fingerprint density at radius 2 is 2.20 bits per heavy atom. The van der Waals surface area contributed by atoms with Crippen LogP contribution in [0.25, 0.3) is 5.69 Å². The van der Waals surface area contributed by atoms with E-state index in [0.717, 1.165) is 11.3 Å². The van der Waals surface area contributed by atoms with Crippen molar-refractivity contribution in [2.75, 3.05) is 13.2 Å². The second-order valence-electron chi connectivity index (χ2n) is 5.27. The van der Waals surface area contributed by atoms with E-state index in [1.54, 1.807) is 17.2 Å². The zero-order valence-electron chi connectivity index (χ0n) is 11.2. The fraction of sp³-hybridized carbons (Fsp3) is 0.357. The highest BCUT2D eigenvalue weighted by Crippen LogP contribution is 2.18. The highest BCUT2D eigenvalue weighted by Gasteiger charge is 2.31. The summed E-state index contributed by atoms with van der Waals surface area (Å²) in [5.74, 6) is -0.0661. The van der Waals surface area contributed by atoms with Crippen LogP contribution in [0.1, 0.15) is 12.5 Å². The zero-order valence-corrected chi connectivity index (χ0v) is 11.2. The molecule has 1 amide bonds. The van der Waals surface area contributed by atoms with Gasteiger partial charge < -0.3 is 10.1 Å². The van der Waals surface area contributed by atoms with E-state index in [4.69, 9.17) is 4.74 Å². The van der Waals surface area contributed by atoms with E-state index in [1.807, 2.05) is 31.2 Å². The quantitative estimate of drug-likeness (QED) is 0.893. The number of carbonyl (C=O) groups is 1. The molecule has 0 bridgehead atoms. The van der Waals surface area contributed by atoms with E-state index in [1.165, 1.54) is 0 Å². The molecule has 1 fully saturated rings. The van der Waals surface area contributed by atoms with Crippen LogP contribution in [0.3, 0.4) is 0 Å². The summed E-state index contributed by atoms with van der Waals surface area (Å²) in [5, 5.41) is 11.2. The SMILES string of the molecule is CC1(Cc2cccc(-n3nccn3)c2)COCC(=O)N1. The van der Waals surface area contributed by atoms with Gasteiger partial charge in [-0.2, -0.15) is 15.0 Å². The average molecular weight is 272 g/mol. The van der Waals surface area contributed by atoms with Crippen LogP contribution in [0.2, 0.25) is 0 Å². The van der Waals surface area contributed by atoms with E-state index < -0.39 is 0 Å². The summed E-state index contributed by atoms with van der Waals surface area (Å²) in [6.07, 6.45) is 3.99. The topological polar surface area (TPSA) is 69.0 Å². The van der Waals surface area contributed by atoms with Crippen LogP contribution in [0.4, 0.5) is 0 Å². The Hall–Kier alpha value is -2.21. The van der Waals surface area contributed by atoms with Crippen LogP contribution in [-0.2, 0) is 16.0 Å². The van der Waals surface area contributed by atoms with E-state index in [2.05, 4.69) is 15.5 Å². The summed E-state index contributed by atoms with van der Waals surface area (Å²) >= 11 is 0. The third-order valence-corrected chi connectivity index (χ3v) is 3.25.